The summed E-state index contributed by atoms with van der Waals surface area (Å²) in [6, 6.07) is 10.2. The number of hydrogen-bond donors (Lipinski definition) is 0. The van der Waals surface area contributed by atoms with Gasteiger partial charge >= 0.3 is 0 Å². The van der Waals surface area contributed by atoms with Crippen molar-refractivity contribution < 1.29 is 4.52 Å². The van der Waals surface area contributed by atoms with Gasteiger partial charge in [0.1, 0.15) is 0 Å². The van der Waals surface area contributed by atoms with Crippen molar-refractivity contribution in [2.45, 2.75) is 24.7 Å². The van der Waals surface area contributed by atoms with Crippen LogP contribution >= 0.6 is 11.8 Å². The molecule has 0 fully saturated rings. The van der Waals surface area contributed by atoms with Crippen LogP contribution in [-0.2, 0) is 6.42 Å². The number of benzene rings is 1. The molecule has 0 aliphatic heterocycles. The van der Waals surface area contributed by atoms with Crippen LogP contribution in [0, 0.1) is 17.2 Å². The molecule has 0 aliphatic carbocycles. The van der Waals surface area contributed by atoms with Gasteiger partial charge in [0.2, 0.25) is 11.7 Å². The Bertz CT molecular complexity index is 571. The van der Waals surface area contributed by atoms with Crippen LogP contribution in [0.4, 0.5) is 0 Å². The van der Waals surface area contributed by atoms with E-state index >= 15 is 0 Å². The van der Waals surface area contributed by atoms with Gasteiger partial charge in [-0.2, -0.15) is 10.2 Å². The van der Waals surface area contributed by atoms with Crippen LogP contribution in [-0.4, -0.2) is 16.4 Å². The Labute approximate surface area is 116 Å². The highest BCUT2D eigenvalue weighted by Gasteiger charge is 2.11. The van der Waals surface area contributed by atoms with Gasteiger partial charge in [-0.15, -0.1) is 11.8 Å². The average molecular weight is 273 g/mol. The smallest absolute Gasteiger partial charge is 0.227 e. The van der Waals surface area contributed by atoms with Crippen LogP contribution in [0.25, 0.3) is 11.4 Å². The third-order valence-corrected chi connectivity index (χ3v) is 3.52. The number of nitriles is 1. The van der Waals surface area contributed by atoms with Crippen molar-refractivity contribution >= 4 is 11.8 Å². The van der Waals surface area contributed by atoms with E-state index in [4.69, 9.17) is 9.78 Å². The molecule has 1 aromatic heterocycles. The number of rotatable bonds is 5. The van der Waals surface area contributed by atoms with E-state index in [0.717, 1.165) is 5.56 Å². The van der Waals surface area contributed by atoms with E-state index in [0.29, 0.717) is 24.6 Å². The maximum absolute atomic E-state index is 8.63. The first-order chi connectivity index (χ1) is 9.22. The summed E-state index contributed by atoms with van der Waals surface area (Å²) >= 11 is 1.70. The van der Waals surface area contributed by atoms with Gasteiger partial charge in [0.05, 0.1) is 6.07 Å². The standard InChI is InChI=1S/C14H15N3OS/c1-10(7-8-15)9-13-16-14(17-18-13)11-3-5-12(19-2)6-4-11/h3-6,10H,7,9H2,1-2H3. The molecule has 0 bridgehead atoms. The quantitative estimate of drug-likeness (QED) is 0.779. The van der Waals surface area contributed by atoms with E-state index < -0.39 is 0 Å². The molecule has 0 amide bonds. The van der Waals surface area contributed by atoms with Crippen LogP contribution in [0.15, 0.2) is 33.7 Å². The Morgan fingerprint density at radius 2 is 2.11 bits per heavy atom. The lowest BCUT2D eigenvalue weighted by Crippen LogP contribution is -1.98. The molecule has 98 valence electrons. The zero-order chi connectivity index (χ0) is 13.7. The highest BCUT2D eigenvalue weighted by atomic mass is 32.2. The Kier molecular flexibility index (Phi) is 4.58. The van der Waals surface area contributed by atoms with Crippen LogP contribution < -0.4 is 0 Å². The highest BCUT2D eigenvalue weighted by Crippen LogP contribution is 2.21. The molecule has 0 saturated heterocycles. The first-order valence-corrected chi connectivity index (χ1v) is 7.29. The van der Waals surface area contributed by atoms with Gasteiger partial charge in [0.25, 0.3) is 0 Å². The lowest BCUT2D eigenvalue weighted by atomic mass is 10.1. The number of aromatic nitrogens is 2. The fraction of sp³-hybridized carbons (Fsp3) is 0.357. The minimum absolute atomic E-state index is 0.233. The van der Waals surface area contributed by atoms with Crippen molar-refractivity contribution in [2.75, 3.05) is 6.26 Å². The molecule has 1 aromatic carbocycles. The lowest BCUT2D eigenvalue weighted by Gasteiger charge is -2.00. The minimum atomic E-state index is 0.233. The molecule has 2 aromatic rings. The number of nitrogens with zero attached hydrogens (tertiary/aromatic N) is 3. The Hall–Kier alpha value is -1.80. The number of hydrogen-bond acceptors (Lipinski definition) is 5. The van der Waals surface area contributed by atoms with Gasteiger partial charge in [-0.25, -0.2) is 0 Å². The summed E-state index contributed by atoms with van der Waals surface area (Å²) in [5.74, 6) is 1.43. The molecule has 1 atom stereocenters. The van der Waals surface area contributed by atoms with Crippen LogP contribution in [0.5, 0.6) is 0 Å². The van der Waals surface area contributed by atoms with Crippen molar-refractivity contribution in [1.82, 2.24) is 10.1 Å². The largest absolute Gasteiger partial charge is 0.339 e. The Morgan fingerprint density at radius 1 is 1.37 bits per heavy atom. The normalized spacial score (nSPS) is 12.1. The summed E-state index contributed by atoms with van der Waals surface area (Å²) < 4.78 is 5.22. The lowest BCUT2D eigenvalue weighted by molar-refractivity contribution is 0.359. The van der Waals surface area contributed by atoms with Gasteiger partial charge in [-0.1, -0.05) is 12.1 Å². The fourth-order valence-corrected chi connectivity index (χ4v) is 2.13. The van der Waals surface area contributed by atoms with Crippen molar-refractivity contribution in [3.05, 3.63) is 30.2 Å². The van der Waals surface area contributed by atoms with Crippen LogP contribution in [0.1, 0.15) is 19.2 Å². The third kappa shape index (κ3) is 3.58. The zero-order valence-corrected chi connectivity index (χ0v) is 11.8. The molecular weight excluding hydrogens is 258 g/mol. The molecule has 0 spiro atoms. The first kappa shape index (κ1) is 13.6. The minimum Gasteiger partial charge on any atom is -0.339 e. The molecule has 19 heavy (non-hydrogen) atoms. The topological polar surface area (TPSA) is 62.7 Å². The van der Waals surface area contributed by atoms with Gasteiger partial charge < -0.3 is 4.52 Å². The van der Waals surface area contributed by atoms with Gasteiger partial charge in [-0.3, -0.25) is 0 Å². The average Bonchev–Trinajstić information content (AvgIpc) is 2.87. The molecule has 1 heterocycles. The monoisotopic (exact) mass is 273 g/mol. The van der Waals surface area contributed by atoms with E-state index in [-0.39, 0.29) is 5.92 Å². The van der Waals surface area contributed by atoms with E-state index in [1.165, 1.54) is 4.90 Å². The molecule has 0 aliphatic rings. The third-order valence-electron chi connectivity index (χ3n) is 2.78. The van der Waals surface area contributed by atoms with Crippen molar-refractivity contribution in [2.24, 2.45) is 5.92 Å². The van der Waals surface area contributed by atoms with Gasteiger partial charge in [0.15, 0.2) is 0 Å². The molecule has 4 nitrogen and oxygen atoms in total. The summed E-state index contributed by atoms with van der Waals surface area (Å²) in [5.41, 5.74) is 0.945. The van der Waals surface area contributed by atoms with Crippen molar-refractivity contribution in [3.63, 3.8) is 0 Å². The second-order valence-corrected chi connectivity index (χ2v) is 5.29. The SMILES string of the molecule is CSc1ccc(-c2noc(CC(C)CC#N)n2)cc1. The van der Waals surface area contributed by atoms with Gasteiger partial charge in [-0.05, 0) is 36.4 Å². The van der Waals surface area contributed by atoms with Gasteiger partial charge in [0, 0.05) is 23.3 Å². The zero-order valence-electron chi connectivity index (χ0n) is 11.0. The Balaban J connectivity index is 2.09. The summed E-state index contributed by atoms with van der Waals surface area (Å²) in [6.45, 7) is 2.00. The maximum Gasteiger partial charge on any atom is 0.227 e. The van der Waals surface area contributed by atoms with Crippen LogP contribution in [0.3, 0.4) is 0 Å². The molecule has 0 saturated carbocycles. The predicted octanol–water partition coefficient (Wildman–Crippen LogP) is 3.55. The molecular formula is C14H15N3OS. The molecule has 5 heteroatoms. The summed E-state index contributed by atoms with van der Waals surface area (Å²) in [7, 11) is 0. The van der Waals surface area contributed by atoms with Crippen LogP contribution in [0.2, 0.25) is 0 Å². The summed E-state index contributed by atoms with van der Waals surface area (Å²) in [6.07, 6.45) is 3.18. The van der Waals surface area contributed by atoms with Crippen molar-refractivity contribution in [3.8, 4) is 17.5 Å². The highest BCUT2D eigenvalue weighted by molar-refractivity contribution is 7.98. The number of thioether (sulfide) groups is 1. The van der Waals surface area contributed by atoms with E-state index in [2.05, 4.69) is 16.2 Å². The fourth-order valence-electron chi connectivity index (χ4n) is 1.72. The molecule has 0 radical (unpaired) electrons. The second kappa shape index (κ2) is 6.39. The van der Waals surface area contributed by atoms with E-state index in [1.54, 1.807) is 11.8 Å². The summed E-state index contributed by atoms with van der Waals surface area (Å²) in [4.78, 5) is 5.57. The second-order valence-electron chi connectivity index (χ2n) is 4.41. The Morgan fingerprint density at radius 3 is 2.74 bits per heavy atom. The van der Waals surface area contributed by atoms with Crippen molar-refractivity contribution in [1.29, 1.82) is 5.26 Å². The van der Waals surface area contributed by atoms with E-state index in [9.17, 15) is 0 Å². The molecule has 0 N–H and O–H groups in total. The van der Waals surface area contributed by atoms with E-state index in [1.807, 2.05) is 37.4 Å². The first-order valence-electron chi connectivity index (χ1n) is 6.07. The summed E-state index contributed by atoms with van der Waals surface area (Å²) in [5, 5.41) is 12.6. The maximum atomic E-state index is 8.63. The predicted molar refractivity (Wildman–Crippen MR) is 74.6 cm³/mol. The molecule has 1 unspecified atom stereocenters. The molecule has 2 rings (SSSR count).